The molecule has 0 aliphatic rings. The van der Waals surface area contributed by atoms with Crippen LogP contribution in [0.25, 0.3) is 82.1 Å². The molecular formula is C50H32N2O. The summed E-state index contributed by atoms with van der Waals surface area (Å²) in [6, 6.07) is 56.1. The number of furan rings is 1. The Labute approximate surface area is 311 Å². The van der Waals surface area contributed by atoms with Gasteiger partial charge in [0.1, 0.15) is 11.2 Å². The van der Waals surface area contributed by atoms with Gasteiger partial charge >= 0.3 is 0 Å². The second-order valence-electron chi connectivity index (χ2n) is 13.4. The maximum atomic E-state index is 9.82. The fraction of sp³-hybridized carbons (Fsp3) is 0. The van der Waals surface area contributed by atoms with Crippen LogP contribution in [0.4, 0.5) is 17.1 Å². The number of hydrogen-bond donors (Lipinski definition) is 0. The average molecular weight is 681 g/mol. The number of aromatic nitrogens is 1. The van der Waals surface area contributed by atoms with E-state index in [9.17, 15) is 5.48 Å². The standard InChI is InChI=1S/C50H32N2O/c1-3-17-39-33(12-1)14-10-21-40(39)35-15-9-16-38(32-35)51(47-24-11-25-48-49(47)44-31-26-34-13-2-4-18-41(34)50(44)53-48)36-27-29-37(30-28-36)52-45-22-7-5-19-42(45)43-20-6-8-23-46(43)52/h1-32H/i27D,28D,29D,30D. The Bertz CT molecular complexity index is 3350. The van der Waals surface area contributed by atoms with Gasteiger partial charge in [-0.25, -0.2) is 0 Å². The van der Waals surface area contributed by atoms with Crippen LogP contribution in [-0.4, -0.2) is 4.57 Å². The van der Waals surface area contributed by atoms with Crippen molar-refractivity contribution in [2.75, 3.05) is 4.90 Å². The second-order valence-corrected chi connectivity index (χ2v) is 13.4. The minimum absolute atomic E-state index is 0.136. The van der Waals surface area contributed by atoms with E-state index in [1.54, 1.807) is 0 Å². The molecule has 9 aromatic carbocycles. The minimum atomic E-state index is -0.154. The Hall–Kier alpha value is -7.10. The minimum Gasteiger partial charge on any atom is -0.455 e. The lowest BCUT2D eigenvalue weighted by Gasteiger charge is -2.27. The van der Waals surface area contributed by atoms with Gasteiger partial charge in [-0.05, 0) is 93.9 Å². The van der Waals surface area contributed by atoms with E-state index >= 15 is 0 Å². The zero-order chi connectivity index (χ0) is 38.4. The van der Waals surface area contributed by atoms with Crippen LogP contribution < -0.4 is 4.90 Å². The first-order valence-electron chi connectivity index (χ1n) is 19.8. The highest BCUT2D eigenvalue weighted by Crippen LogP contribution is 2.45. The molecule has 53 heavy (non-hydrogen) atoms. The van der Waals surface area contributed by atoms with Gasteiger partial charge in [-0.3, -0.25) is 0 Å². The molecule has 0 spiro atoms. The molecule has 0 radical (unpaired) electrons. The maximum absolute atomic E-state index is 9.82. The molecule has 0 unspecified atom stereocenters. The molecule has 248 valence electrons. The molecule has 0 saturated heterocycles. The van der Waals surface area contributed by atoms with E-state index in [2.05, 4.69) is 66.7 Å². The normalized spacial score (nSPS) is 12.8. The molecule has 0 aliphatic carbocycles. The SMILES string of the molecule is [2H]c1c([2H])c(-n2c3ccccc3c3ccccc32)c([2H])c([2H])c1N(c1cccc(-c2cccc3ccccc23)c1)c1cccc2oc3c4ccccc4ccc3c12. The van der Waals surface area contributed by atoms with Gasteiger partial charge in [-0.15, -0.1) is 0 Å². The number of rotatable bonds is 5. The molecule has 0 aliphatic heterocycles. The molecular weight excluding hydrogens is 645 g/mol. The van der Waals surface area contributed by atoms with Gasteiger partial charge in [0.2, 0.25) is 0 Å². The summed E-state index contributed by atoms with van der Waals surface area (Å²) >= 11 is 0. The summed E-state index contributed by atoms with van der Waals surface area (Å²) in [7, 11) is 0. The quantitative estimate of drug-likeness (QED) is 0.180. The van der Waals surface area contributed by atoms with Crippen LogP contribution in [0.15, 0.2) is 198 Å². The zero-order valence-electron chi connectivity index (χ0n) is 32.5. The number of nitrogens with zero attached hydrogens (tertiary/aromatic N) is 2. The topological polar surface area (TPSA) is 21.3 Å². The van der Waals surface area contributed by atoms with Gasteiger partial charge < -0.3 is 13.9 Å². The Morgan fingerprint density at radius 2 is 1.09 bits per heavy atom. The van der Waals surface area contributed by atoms with Crippen molar-refractivity contribution in [2.24, 2.45) is 0 Å². The number of anilines is 3. The van der Waals surface area contributed by atoms with Crippen LogP contribution >= 0.6 is 0 Å². The smallest absolute Gasteiger partial charge is 0.143 e. The summed E-state index contributed by atoms with van der Waals surface area (Å²) in [4.78, 5) is 1.89. The van der Waals surface area contributed by atoms with Crippen molar-refractivity contribution in [1.82, 2.24) is 4.57 Å². The van der Waals surface area contributed by atoms with E-state index in [0.29, 0.717) is 17.0 Å². The predicted octanol–water partition coefficient (Wildman–Crippen LogP) is 14.1. The third kappa shape index (κ3) is 4.61. The van der Waals surface area contributed by atoms with Crippen molar-refractivity contribution in [3.63, 3.8) is 0 Å². The van der Waals surface area contributed by atoms with E-state index in [1.807, 2.05) is 113 Å². The molecule has 11 rings (SSSR count). The predicted molar refractivity (Wildman–Crippen MR) is 223 cm³/mol. The van der Waals surface area contributed by atoms with E-state index in [4.69, 9.17) is 4.42 Å². The molecule has 3 heteroatoms. The molecule has 0 amide bonds. The summed E-state index contributed by atoms with van der Waals surface area (Å²) < 4.78 is 47.5. The largest absolute Gasteiger partial charge is 0.455 e. The summed E-state index contributed by atoms with van der Waals surface area (Å²) in [5.74, 6) is 0. The lowest BCUT2D eigenvalue weighted by Crippen LogP contribution is -2.10. The van der Waals surface area contributed by atoms with E-state index < -0.39 is 0 Å². The molecule has 0 bridgehead atoms. The molecule has 0 saturated carbocycles. The lowest BCUT2D eigenvalue weighted by atomic mass is 9.97. The third-order valence-corrected chi connectivity index (χ3v) is 10.4. The van der Waals surface area contributed by atoms with Gasteiger partial charge in [-0.1, -0.05) is 127 Å². The maximum Gasteiger partial charge on any atom is 0.143 e. The first kappa shape index (κ1) is 25.8. The lowest BCUT2D eigenvalue weighted by molar-refractivity contribution is 0.672. The van der Waals surface area contributed by atoms with Crippen molar-refractivity contribution in [1.29, 1.82) is 0 Å². The van der Waals surface area contributed by atoms with Crippen LogP contribution in [0.5, 0.6) is 0 Å². The van der Waals surface area contributed by atoms with Crippen molar-refractivity contribution < 1.29 is 9.90 Å². The van der Waals surface area contributed by atoms with Gasteiger partial charge in [0, 0.05) is 38.6 Å². The fourth-order valence-corrected chi connectivity index (χ4v) is 8.09. The van der Waals surface area contributed by atoms with E-state index in [0.717, 1.165) is 70.8 Å². The Kier molecular flexibility index (Phi) is 5.71. The summed E-state index contributed by atoms with van der Waals surface area (Å²) in [5.41, 5.74) is 6.77. The molecule has 3 nitrogen and oxygen atoms in total. The molecule has 2 aromatic heterocycles. The van der Waals surface area contributed by atoms with E-state index in [-0.39, 0.29) is 35.5 Å². The Morgan fingerprint density at radius 1 is 0.472 bits per heavy atom. The van der Waals surface area contributed by atoms with Crippen LogP contribution in [0.1, 0.15) is 5.48 Å². The second kappa shape index (κ2) is 11.7. The van der Waals surface area contributed by atoms with Gasteiger partial charge in [0.25, 0.3) is 0 Å². The Balaban J connectivity index is 1.22. The summed E-state index contributed by atoms with van der Waals surface area (Å²) in [6.45, 7) is 0. The fourth-order valence-electron chi connectivity index (χ4n) is 8.09. The monoisotopic (exact) mass is 680 g/mol. The highest BCUT2D eigenvalue weighted by atomic mass is 16.3. The first-order chi connectivity index (χ1) is 28.0. The van der Waals surface area contributed by atoms with Crippen molar-refractivity contribution in [3.05, 3.63) is 194 Å². The van der Waals surface area contributed by atoms with Crippen molar-refractivity contribution in [3.8, 4) is 16.8 Å². The van der Waals surface area contributed by atoms with Crippen LogP contribution in [0.3, 0.4) is 0 Å². The third-order valence-electron chi connectivity index (χ3n) is 10.4. The zero-order valence-corrected chi connectivity index (χ0v) is 28.5. The molecule has 0 N–H and O–H groups in total. The molecule has 2 heterocycles. The van der Waals surface area contributed by atoms with Crippen LogP contribution in [-0.2, 0) is 0 Å². The summed E-state index contributed by atoms with van der Waals surface area (Å²) in [5, 5.41) is 7.95. The average Bonchev–Trinajstić information content (AvgIpc) is 3.81. The number of hydrogen-bond acceptors (Lipinski definition) is 2. The number of fused-ring (bicyclic) bond motifs is 9. The number of para-hydroxylation sites is 2. The van der Waals surface area contributed by atoms with E-state index in [1.165, 1.54) is 0 Å². The molecule has 0 atom stereocenters. The molecule has 11 aromatic rings. The summed E-state index contributed by atoms with van der Waals surface area (Å²) in [6.07, 6.45) is 0. The van der Waals surface area contributed by atoms with Crippen molar-refractivity contribution in [2.45, 2.75) is 0 Å². The van der Waals surface area contributed by atoms with Crippen LogP contribution in [0, 0.1) is 0 Å². The Morgan fingerprint density at radius 3 is 1.87 bits per heavy atom. The highest BCUT2D eigenvalue weighted by Gasteiger charge is 2.21. The highest BCUT2D eigenvalue weighted by molar-refractivity contribution is 6.19. The van der Waals surface area contributed by atoms with Crippen LogP contribution in [0.2, 0.25) is 0 Å². The molecule has 0 fully saturated rings. The van der Waals surface area contributed by atoms with Gasteiger partial charge in [0.05, 0.1) is 27.6 Å². The van der Waals surface area contributed by atoms with Crippen molar-refractivity contribution >= 4 is 82.4 Å². The van der Waals surface area contributed by atoms with Gasteiger partial charge in [-0.2, -0.15) is 0 Å². The van der Waals surface area contributed by atoms with Gasteiger partial charge in [0.15, 0.2) is 0 Å². The first-order valence-corrected chi connectivity index (χ1v) is 17.8. The number of benzene rings is 9.